The van der Waals surface area contributed by atoms with Crippen molar-refractivity contribution in [1.29, 1.82) is 0 Å². The Morgan fingerprint density at radius 2 is 1.84 bits per heavy atom. The molecular formula is C20H27ClN2OS. The number of amides is 1. The number of halogens is 1. The number of hydrogen-bond donors (Lipinski definition) is 2. The van der Waals surface area contributed by atoms with Crippen LogP contribution in [-0.4, -0.2) is 17.1 Å². The second kappa shape index (κ2) is 8.81. The highest BCUT2D eigenvalue weighted by atomic mass is 35.5. The van der Waals surface area contributed by atoms with Crippen molar-refractivity contribution in [2.45, 2.75) is 52.5 Å². The Kier molecular flexibility index (Phi) is 7.03. The van der Waals surface area contributed by atoms with Gasteiger partial charge in [0.25, 0.3) is 0 Å². The van der Waals surface area contributed by atoms with E-state index in [4.69, 9.17) is 23.8 Å². The zero-order chi connectivity index (χ0) is 18.4. The van der Waals surface area contributed by atoms with Crippen LogP contribution in [0.15, 0.2) is 30.3 Å². The molecule has 0 bridgehead atoms. The number of benzene rings is 1. The van der Waals surface area contributed by atoms with Crippen LogP contribution in [0.3, 0.4) is 0 Å². The van der Waals surface area contributed by atoms with Crippen LogP contribution in [0.5, 0.6) is 0 Å². The third kappa shape index (κ3) is 6.44. The monoisotopic (exact) mass is 378 g/mol. The fraction of sp³-hybridized carbons (Fsp3) is 0.500. The molecule has 5 heteroatoms. The summed E-state index contributed by atoms with van der Waals surface area (Å²) in [6, 6.07) is 7.73. The lowest BCUT2D eigenvalue weighted by molar-refractivity contribution is -0.115. The highest BCUT2D eigenvalue weighted by molar-refractivity contribution is 7.80. The van der Waals surface area contributed by atoms with Crippen LogP contribution >= 0.6 is 23.8 Å². The van der Waals surface area contributed by atoms with Gasteiger partial charge in [0, 0.05) is 17.1 Å². The lowest BCUT2D eigenvalue weighted by Crippen LogP contribution is -2.45. The molecule has 0 radical (unpaired) electrons. The first-order chi connectivity index (χ1) is 11.8. The predicted octanol–water partition coefficient (Wildman–Crippen LogP) is 4.95. The van der Waals surface area contributed by atoms with E-state index in [1.54, 1.807) is 12.1 Å². The number of thiocarbonyl (C=S) groups is 1. The van der Waals surface area contributed by atoms with Crippen molar-refractivity contribution in [3.8, 4) is 0 Å². The number of nitrogens with one attached hydrogen (secondary N) is 2. The van der Waals surface area contributed by atoms with Gasteiger partial charge in [0.1, 0.15) is 0 Å². The summed E-state index contributed by atoms with van der Waals surface area (Å²) in [6.45, 7) is 6.92. The van der Waals surface area contributed by atoms with E-state index in [0.717, 1.165) is 24.3 Å². The second-order valence-corrected chi connectivity index (χ2v) is 8.55. The fourth-order valence-corrected chi connectivity index (χ4v) is 3.72. The van der Waals surface area contributed by atoms with Gasteiger partial charge in [-0.05, 0) is 66.9 Å². The van der Waals surface area contributed by atoms with E-state index in [2.05, 4.69) is 31.4 Å². The van der Waals surface area contributed by atoms with Crippen LogP contribution in [0.1, 0.15) is 52.0 Å². The molecular weight excluding hydrogens is 352 g/mol. The molecule has 2 rings (SSSR count). The first-order valence-electron chi connectivity index (χ1n) is 8.80. The van der Waals surface area contributed by atoms with Crippen LogP contribution in [0.25, 0.3) is 6.08 Å². The average molecular weight is 379 g/mol. The summed E-state index contributed by atoms with van der Waals surface area (Å²) in [7, 11) is 0. The molecule has 1 saturated carbocycles. The molecule has 1 aliphatic rings. The summed E-state index contributed by atoms with van der Waals surface area (Å²) in [5.74, 6) is 0.507. The molecule has 1 amide bonds. The van der Waals surface area contributed by atoms with E-state index in [0.29, 0.717) is 21.6 Å². The number of hydrogen-bond acceptors (Lipinski definition) is 2. The first kappa shape index (κ1) is 19.9. The highest BCUT2D eigenvalue weighted by Crippen LogP contribution is 2.37. The Balaban J connectivity index is 1.77. The normalized spacial score (nSPS) is 21.1. The van der Waals surface area contributed by atoms with Crippen molar-refractivity contribution < 1.29 is 4.79 Å². The van der Waals surface area contributed by atoms with Gasteiger partial charge in [-0.2, -0.15) is 0 Å². The molecule has 3 nitrogen and oxygen atoms in total. The minimum atomic E-state index is -0.249. The van der Waals surface area contributed by atoms with Crippen LogP contribution in [0.4, 0.5) is 0 Å². The molecule has 1 aromatic rings. The zero-order valence-electron chi connectivity index (χ0n) is 15.1. The lowest BCUT2D eigenvalue weighted by atomic mass is 9.71. The molecule has 0 heterocycles. The van der Waals surface area contributed by atoms with Gasteiger partial charge < -0.3 is 5.32 Å². The Hall–Kier alpha value is -1.39. The van der Waals surface area contributed by atoms with E-state index < -0.39 is 0 Å². The minimum Gasteiger partial charge on any atom is -0.360 e. The first-order valence-corrected chi connectivity index (χ1v) is 9.58. The van der Waals surface area contributed by atoms with Crippen molar-refractivity contribution >= 4 is 40.9 Å². The SMILES string of the molecule is CC(C)(C)C1CCC(NC(=S)NC(=O)/C=C/c2ccccc2Cl)CC1. The highest BCUT2D eigenvalue weighted by Gasteiger charge is 2.29. The van der Waals surface area contributed by atoms with Crippen molar-refractivity contribution in [3.05, 3.63) is 40.9 Å². The quantitative estimate of drug-likeness (QED) is 0.577. The minimum absolute atomic E-state index is 0.249. The van der Waals surface area contributed by atoms with E-state index in [1.165, 1.54) is 18.9 Å². The van der Waals surface area contributed by atoms with Gasteiger partial charge in [0.15, 0.2) is 5.11 Å². The van der Waals surface area contributed by atoms with Gasteiger partial charge in [-0.25, -0.2) is 0 Å². The molecule has 1 aliphatic carbocycles. The van der Waals surface area contributed by atoms with Gasteiger partial charge >= 0.3 is 0 Å². The number of carbonyl (C=O) groups is 1. The van der Waals surface area contributed by atoms with E-state index in [-0.39, 0.29) is 5.91 Å². The molecule has 1 aromatic carbocycles. The van der Waals surface area contributed by atoms with Gasteiger partial charge in [0.2, 0.25) is 5.91 Å². The Morgan fingerprint density at radius 1 is 1.20 bits per heavy atom. The molecule has 2 N–H and O–H groups in total. The maximum absolute atomic E-state index is 12.0. The average Bonchev–Trinajstić information content (AvgIpc) is 2.53. The van der Waals surface area contributed by atoms with E-state index >= 15 is 0 Å². The molecule has 1 fully saturated rings. The maximum atomic E-state index is 12.0. The van der Waals surface area contributed by atoms with Gasteiger partial charge in [0.05, 0.1) is 0 Å². The summed E-state index contributed by atoms with van der Waals surface area (Å²) >= 11 is 11.3. The third-order valence-corrected chi connectivity index (χ3v) is 5.41. The molecule has 0 spiro atoms. The summed E-state index contributed by atoms with van der Waals surface area (Å²) in [4.78, 5) is 12.0. The van der Waals surface area contributed by atoms with Crippen LogP contribution in [0, 0.1) is 11.3 Å². The summed E-state index contributed by atoms with van der Waals surface area (Å²) in [6.07, 6.45) is 7.72. The van der Waals surface area contributed by atoms with Crippen molar-refractivity contribution in [1.82, 2.24) is 10.6 Å². The van der Waals surface area contributed by atoms with Gasteiger partial charge in [-0.15, -0.1) is 0 Å². The van der Waals surface area contributed by atoms with Crippen LogP contribution < -0.4 is 10.6 Å². The van der Waals surface area contributed by atoms with E-state index in [1.807, 2.05) is 18.2 Å². The smallest absolute Gasteiger partial charge is 0.250 e. The molecule has 25 heavy (non-hydrogen) atoms. The third-order valence-electron chi connectivity index (χ3n) is 4.84. The second-order valence-electron chi connectivity index (χ2n) is 7.73. The van der Waals surface area contributed by atoms with Crippen LogP contribution in [0.2, 0.25) is 5.02 Å². The zero-order valence-corrected chi connectivity index (χ0v) is 16.7. The molecule has 136 valence electrons. The van der Waals surface area contributed by atoms with Gasteiger partial charge in [-0.3, -0.25) is 10.1 Å². The topological polar surface area (TPSA) is 41.1 Å². The Bertz CT molecular complexity index is 643. The van der Waals surface area contributed by atoms with Crippen LogP contribution in [-0.2, 0) is 4.79 Å². The molecule has 0 aromatic heterocycles. The van der Waals surface area contributed by atoms with Crippen molar-refractivity contribution in [2.24, 2.45) is 11.3 Å². The summed E-state index contributed by atoms with van der Waals surface area (Å²) in [5, 5.41) is 6.99. The summed E-state index contributed by atoms with van der Waals surface area (Å²) < 4.78 is 0. The Morgan fingerprint density at radius 3 is 2.44 bits per heavy atom. The van der Waals surface area contributed by atoms with Crippen molar-refractivity contribution in [3.63, 3.8) is 0 Å². The number of rotatable bonds is 3. The molecule has 0 atom stereocenters. The van der Waals surface area contributed by atoms with Gasteiger partial charge in [-0.1, -0.05) is 50.6 Å². The molecule has 0 unspecified atom stereocenters. The molecule has 0 saturated heterocycles. The van der Waals surface area contributed by atoms with Crippen molar-refractivity contribution in [2.75, 3.05) is 0 Å². The maximum Gasteiger partial charge on any atom is 0.250 e. The number of carbonyl (C=O) groups excluding carboxylic acids is 1. The summed E-state index contributed by atoms with van der Waals surface area (Å²) in [5.41, 5.74) is 1.17. The van der Waals surface area contributed by atoms with E-state index in [9.17, 15) is 4.79 Å². The lowest BCUT2D eigenvalue weighted by Gasteiger charge is -2.37. The molecule has 0 aliphatic heterocycles. The Labute approximate surface area is 161 Å². The fourth-order valence-electron chi connectivity index (χ4n) is 3.25. The largest absolute Gasteiger partial charge is 0.360 e. The predicted molar refractivity (Wildman–Crippen MR) is 110 cm³/mol. The standard InChI is InChI=1S/C20H27ClN2OS/c1-20(2,3)15-9-11-16(12-10-15)22-19(25)23-18(24)13-8-14-6-4-5-7-17(14)21/h4-8,13,15-16H,9-12H2,1-3H3,(H2,22,23,24,25)/b13-8+.